The molecule has 0 fully saturated rings. The van der Waals surface area contributed by atoms with E-state index in [1.807, 2.05) is 13.0 Å². The summed E-state index contributed by atoms with van der Waals surface area (Å²) in [6, 6.07) is 8.55. The third-order valence-electron chi connectivity index (χ3n) is 3.70. The van der Waals surface area contributed by atoms with E-state index in [9.17, 15) is 8.42 Å². The fourth-order valence-electron chi connectivity index (χ4n) is 2.73. The summed E-state index contributed by atoms with van der Waals surface area (Å²) >= 11 is 0. The standard InChI is InChI=1S/C16H21NO2S/c1-4-8-16-14(3)11-13(2)12-17(16)20(18,19)15-9-6-5-7-10-15/h4-7,9-10,12,14,16H,1,8,11H2,2-3H3/t14-,16+/m1/s1. The van der Waals surface area contributed by atoms with Crippen molar-refractivity contribution in [3.05, 3.63) is 54.8 Å². The van der Waals surface area contributed by atoms with Crippen LogP contribution in [0.4, 0.5) is 0 Å². The van der Waals surface area contributed by atoms with E-state index in [-0.39, 0.29) is 12.0 Å². The van der Waals surface area contributed by atoms with Gasteiger partial charge in [0.15, 0.2) is 0 Å². The van der Waals surface area contributed by atoms with Crippen LogP contribution >= 0.6 is 0 Å². The number of nitrogens with zero attached hydrogens (tertiary/aromatic N) is 1. The van der Waals surface area contributed by atoms with Crippen LogP contribution in [0, 0.1) is 5.92 Å². The minimum Gasteiger partial charge on any atom is -0.270 e. The van der Waals surface area contributed by atoms with Gasteiger partial charge in [0.2, 0.25) is 0 Å². The first-order valence-electron chi connectivity index (χ1n) is 6.83. The van der Waals surface area contributed by atoms with Gasteiger partial charge in [0, 0.05) is 6.20 Å². The average molecular weight is 291 g/mol. The van der Waals surface area contributed by atoms with Crippen molar-refractivity contribution in [1.29, 1.82) is 0 Å². The summed E-state index contributed by atoms with van der Waals surface area (Å²) in [5.41, 5.74) is 1.09. The second kappa shape index (κ2) is 5.83. The van der Waals surface area contributed by atoms with Crippen molar-refractivity contribution >= 4 is 10.0 Å². The number of allylic oxidation sites excluding steroid dienone is 1. The maximum atomic E-state index is 12.8. The summed E-state index contributed by atoms with van der Waals surface area (Å²) in [5.74, 6) is 0.288. The summed E-state index contributed by atoms with van der Waals surface area (Å²) in [5, 5.41) is 0. The summed E-state index contributed by atoms with van der Waals surface area (Å²) < 4.78 is 27.1. The van der Waals surface area contributed by atoms with Gasteiger partial charge in [0.05, 0.1) is 10.9 Å². The number of hydrogen-bond acceptors (Lipinski definition) is 2. The van der Waals surface area contributed by atoms with Crippen LogP contribution in [0.5, 0.6) is 0 Å². The first-order chi connectivity index (χ1) is 9.46. The molecule has 0 saturated heterocycles. The molecule has 0 unspecified atom stereocenters. The van der Waals surface area contributed by atoms with Crippen molar-refractivity contribution in [2.75, 3.05) is 0 Å². The molecule has 1 heterocycles. The Morgan fingerprint density at radius 1 is 1.35 bits per heavy atom. The number of hydrogen-bond donors (Lipinski definition) is 0. The highest BCUT2D eigenvalue weighted by Crippen LogP contribution is 2.32. The van der Waals surface area contributed by atoms with Gasteiger partial charge in [-0.1, -0.05) is 36.8 Å². The molecule has 20 heavy (non-hydrogen) atoms. The van der Waals surface area contributed by atoms with Gasteiger partial charge in [0.25, 0.3) is 10.0 Å². The van der Waals surface area contributed by atoms with Gasteiger partial charge in [-0.15, -0.1) is 6.58 Å². The Morgan fingerprint density at radius 3 is 2.60 bits per heavy atom. The molecule has 0 amide bonds. The van der Waals surface area contributed by atoms with Gasteiger partial charge in [-0.3, -0.25) is 4.31 Å². The highest BCUT2D eigenvalue weighted by Gasteiger charge is 2.34. The molecule has 1 aromatic rings. The fourth-order valence-corrected chi connectivity index (χ4v) is 4.44. The van der Waals surface area contributed by atoms with E-state index in [1.54, 1.807) is 36.5 Å². The third-order valence-corrected chi connectivity index (χ3v) is 5.50. The van der Waals surface area contributed by atoms with E-state index in [4.69, 9.17) is 0 Å². The Morgan fingerprint density at radius 2 is 2.00 bits per heavy atom. The topological polar surface area (TPSA) is 37.4 Å². The molecular formula is C16H21NO2S. The van der Waals surface area contributed by atoms with Crippen LogP contribution in [0.25, 0.3) is 0 Å². The fraction of sp³-hybridized carbons (Fsp3) is 0.375. The molecule has 4 heteroatoms. The quantitative estimate of drug-likeness (QED) is 0.795. The van der Waals surface area contributed by atoms with Gasteiger partial charge in [-0.05, 0) is 37.8 Å². The van der Waals surface area contributed by atoms with Crippen LogP contribution in [0.15, 0.2) is 59.7 Å². The second-order valence-corrected chi connectivity index (χ2v) is 7.24. The summed E-state index contributed by atoms with van der Waals surface area (Å²) in [6.45, 7) is 7.83. The normalized spacial score (nSPS) is 23.3. The lowest BCUT2D eigenvalue weighted by molar-refractivity contribution is 0.279. The maximum Gasteiger partial charge on any atom is 0.264 e. The Balaban J connectivity index is 2.46. The van der Waals surface area contributed by atoms with Crippen LogP contribution in [-0.2, 0) is 10.0 Å². The zero-order valence-electron chi connectivity index (χ0n) is 12.0. The average Bonchev–Trinajstić information content (AvgIpc) is 2.42. The summed E-state index contributed by atoms with van der Waals surface area (Å²) in [6.07, 6.45) is 5.16. The lowest BCUT2D eigenvalue weighted by Crippen LogP contribution is -2.42. The highest BCUT2D eigenvalue weighted by molar-refractivity contribution is 7.89. The molecule has 0 spiro atoms. The summed E-state index contributed by atoms with van der Waals surface area (Å²) in [7, 11) is -3.49. The molecule has 1 aromatic carbocycles. The molecular weight excluding hydrogens is 270 g/mol. The largest absolute Gasteiger partial charge is 0.270 e. The molecule has 0 saturated carbocycles. The molecule has 2 atom stereocenters. The lowest BCUT2D eigenvalue weighted by atomic mass is 9.90. The molecule has 0 radical (unpaired) electrons. The van der Waals surface area contributed by atoms with E-state index >= 15 is 0 Å². The van der Waals surface area contributed by atoms with Crippen LogP contribution < -0.4 is 0 Å². The molecule has 3 nitrogen and oxygen atoms in total. The molecule has 1 aliphatic rings. The predicted molar refractivity (Wildman–Crippen MR) is 81.6 cm³/mol. The van der Waals surface area contributed by atoms with E-state index in [0.29, 0.717) is 11.3 Å². The molecule has 1 aliphatic heterocycles. The van der Waals surface area contributed by atoms with Crippen LogP contribution in [0.1, 0.15) is 26.7 Å². The zero-order chi connectivity index (χ0) is 14.8. The van der Waals surface area contributed by atoms with Gasteiger partial charge < -0.3 is 0 Å². The Kier molecular flexibility index (Phi) is 4.33. The van der Waals surface area contributed by atoms with Gasteiger partial charge in [-0.2, -0.15) is 0 Å². The van der Waals surface area contributed by atoms with Crippen molar-refractivity contribution in [2.45, 2.75) is 37.6 Å². The van der Waals surface area contributed by atoms with Crippen molar-refractivity contribution in [2.24, 2.45) is 5.92 Å². The Labute approximate surface area is 121 Å². The monoisotopic (exact) mass is 291 g/mol. The van der Waals surface area contributed by atoms with Gasteiger partial charge >= 0.3 is 0 Å². The molecule has 0 bridgehead atoms. The third kappa shape index (κ3) is 2.80. The molecule has 0 aromatic heterocycles. The van der Waals surface area contributed by atoms with E-state index in [0.717, 1.165) is 12.0 Å². The smallest absolute Gasteiger partial charge is 0.264 e. The van der Waals surface area contributed by atoms with E-state index < -0.39 is 10.0 Å². The Hall–Kier alpha value is -1.55. The molecule has 2 rings (SSSR count). The van der Waals surface area contributed by atoms with Crippen molar-refractivity contribution in [3.8, 4) is 0 Å². The van der Waals surface area contributed by atoms with Gasteiger partial charge in [-0.25, -0.2) is 8.42 Å². The summed E-state index contributed by atoms with van der Waals surface area (Å²) in [4.78, 5) is 0.340. The first kappa shape index (κ1) is 14.9. The van der Waals surface area contributed by atoms with Crippen LogP contribution in [-0.4, -0.2) is 18.8 Å². The van der Waals surface area contributed by atoms with Crippen molar-refractivity contribution in [1.82, 2.24) is 4.31 Å². The van der Waals surface area contributed by atoms with Crippen molar-refractivity contribution < 1.29 is 8.42 Å². The maximum absolute atomic E-state index is 12.8. The minimum atomic E-state index is -3.49. The molecule has 0 aliphatic carbocycles. The number of sulfonamides is 1. The van der Waals surface area contributed by atoms with Crippen LogP contribution in [0.2, 0.25) is 0 Å². The van der Waals surface area contributed by atoms with Gasteiger partial charge in [0.1, 0.15) is 0 Å². The number of benzene rings is 1. The van der Waals surface area contributed by atoms with E-state index in [2.05, 4.69) is 13.5 Å². The van der Waals surface area contributed by atoms with Crippen LogP contribution in [0.3, 0.4) is 0 Å². The highest BCUT2D eigenvalue weighted by atomic mass is 32.2. The van der Waals surface area contributed by atoms with Crippen molar-refractivity contribution in [3.63, 3.8) is 0 Å². The Bertz CT molecular complexity index is 605. The zero-order valence-corrected chi connectivity index (χ0v) is 12.8. The minimum absolute atomic E-state index is 0.0543. The van der Waals surface area contributed by atoms with E-state index in [1.165, 1.54) is 4.31 Å². The molecule has 108 valence electrons. The molecule has 0 N–H and O–H groups in total. The second-order valence-electron chi connectivity index (χ2n) is 5.40. The number of rotatable bonds is 4. The first-order valence-corrected chi connectivity index (χ1v) is 8.27. The lowest BCUT2D eigenvalue weighted by Gasteiger charge is -2.38. The SMILES string of the molecule is C=CC[C@H]1[C@H](C)CC(C)=CN1S(=O)(=O)c1ccccc1. The predicted octanol–water partition coefficient (Wildman–Crippen LogP) is 3.57.